The molecule has 0 radical (unpaired) electrons. The molecule has 1 atom stereocenters. The van der Waals surface area contributed by atoms with Crippen molar-refractivity contribution < 1.29 is 22.8 Å². The maximum atomic E-state index is 11.9. The zero-order chi connectivity index (χ0) is 17.3. The highest BCUT2D eigenvalue weighted by molar-refractivity contribution is 5.83. The summed E-state index contributed by atoms with van der Waals surface area (Å²) in [6.45, 7) is -0.109. The summed E-state index contributed by atoms with van der Waals surface area (Å²) in [5, 5.41) is 6.52. The highest BCUT2D eigenvalue weighted by Gasteiger charge is 2.27. The molecule has 8 heteroatoms. The lowest BCUT2D eigenvalue weighted by atomic mass is 10.1. The highest BCUT2D eigenvalue weighted by atomic mass is 19.4. The van der Waals surface area contributed by atoms with Crippen LogP contribution in [-0.4, -0.2) is 37.2 Å². The van der Waals surface area contributed by atoms with E-state index in [-0.39, 0.29) is 6.04 Å². The predicted octanol–water partition coefficient (Wildman–Crippen LogP) is 1.99. The third-order valence-corrected chi connectivity index (χ3v) is 2.98. The highest BCUT2D eigenvalue weighted by Crippen LogP contribution is 2.11. The summed E-state index contributed by atoms with van der Waals surface area (Å²) in [4.78, 5) is 22.7. The summed E-state index contributed by atoms with van der Waals surface area (Å²) >= 11 is 0. The number of hydrogen-bond acceptors (Lipinski definition) is 2. The average molecular weight is 331 g/mol. The summed E-state index contributed by atoms with van der Waals surface area (Å²) in [5.74, 6) is -0.894. The van der Waals surface area contributed by atoms with E-state index < -0.39 is 31.2 Å². The van der Waals surface area contributed by atoms with Crippen molar-refractivity contribution in [2.24, 2.45) is 0 Å². The van der Waals surface area contributed by atoms with Crippen LogP contribution in [0.1, 0.15) is 18.9 Å². The molecule has 0 spiro atoms. The molecule has 3 amide bonds. The molecule has 1 aromatic carbocycles. The summed E-state index contributed by atoms with van der Waals surface area (Å²) in [7, 11) is 0. The second kappa shape index (κ2) is 9.02. The zero-order valence-corrected chi connectivity index (χ0v) is 12.7. The van der Waals surface area contributed by atoms with E-state index in [1.165, 1.54) is 0 Å². The van der Waals surface area contributed by atoms with Crippen LogP contribution in [0.5, 0.6) is 0 Å². The lowest BCUT2D eigenvalue weighted by Gasteiger charge is -2.15. The van der Waals surface area contributed by atoms with Gasteiger partial charge in [-0.05, 0) is 25.3 Å². The lowest BCUT2D eigenvalue weighted by molar-refractivity contribution is -0.137. The first-order valence-electron chi connectivity index (χ1n) is 7.18. The van der Waals surface area contributed by atoms with Crippen LogP contribution >= 0.6 is 0 Å². The molecule has 0 aliphatic carbocycles. The number of aryl methyl sites for hydroxylation is 1. The van der Waals surface area contributed by atoms with Crippen LogP contribution in [0.4, 0.5) is 18.0 Å². The Morgan fingerprint density at radius 3 is 2.39 bits per heavy atom. The second-order valence-corrected chi connectivity index (χ2v) is 5.14. The fraction of sp³-hybridized carbons (Fsp3) is 0.467. The minimum atomic E-state index is -4.47. The molecule has 0 saturated carbocycles. The quantitative estimate of drug-likeness (QED) is 0.715. The van der Waals surface area contributed by atoms with Gasteiger partial charge in [0.2, 0.25) is 5.91 Å². The van der Waals surface area contributed by atoms with Crippen LogP contribution in [0.25, 0.3) is 0 Å². The molecule has 0 aliphatic heterocycles. The fourth-order valence-corrected chi connectivity index (χ4v) is 1.80. The second-order valence-electron chi connectivity index (χ2n) is 5.14. The molecular weight excluding hydrogens is 311 g/mol. The van der Waals surface area contributed by atoms with Gasteiger partial charge >= 0.3 is 12.2 Å². The summed E-state index contributed by atoms with van der Waals surface area (Å²) < 4.78 is 35.7. The topological polar surface area (TPSA) is 70.2 Å². The number of carbonyl (C=O) groups excluding carboxylic acids is 2. The molecule has 0 heterocycles. The normalized spacial score (nSPS) is 12.3. The molecular formula is C15H20F3N3O2. The largest absolute Gasteiger partial charge is 0.405 e. The summed E-state index contributed by atoms with van der Waals surface area (Å²) in [6.07, 6.45) is -2.98. The Balaban J connectivity index is 2.19. The van der Waals surface area contributed by atoms with Gasteiger partial charge in [-0.1, -0.05) is 30.3 Å². The molecule has 5 nitrogen and oxygen atoms in total. The van der Waals surface area contributed by atoms with E-state index >= 15 is 0 Å². The van der Waals surface area contributed by atoms with Crippen LogP contribution < -0.4 is 16.0 Å². The Kier molecular flexibility index (Phi) is 7.37. The molecule has 0 saturated heterocycles. The van der Waals surface area contributed by atoms with Crippen molar-refractivity contribution in [1.82, 2.24) is 16.0 Å². The van der Waals surface area contributed by atoms with Crippen LogP contribution in [0.2, 0.25) is 0 Å². The minimum Gasteiger partial charge on any atom is -0.345 e. The van der Waals surface area contributed by atoms with Crippen LogP contribution in [-0.2, 0) is 11.2 Å². The van der Waals surface area contributed by atoms with Crippen LogP contribution in [0, 0.1) is 0 Å². The number of alkyl halides is 3. The van der Waals surface area contributed by atoms with Crippen molar-refractivity contribution in [1.29, 1.82) is 0 Å². The van der Waals surface area contributed by atoms with Gasteiger partial charge < -0.3 is 16.0 Å². The molecule has 0 bridgehead atoms. The molecule has 3 N–H and O–H groups in total. The summed E-state index contributed by atoms with van der Waals surface area (Å²) in [6, 6.07) is 9.03. The summed E-state index contributed by atoms with van der Waals surface area (Å²) in [5.41, 5.74) is 1.15. The van der Waals surface area contributed by atoms with Gasteiger partial charge in [-0.3, -0.25) is 4.79 Å². The predicted molar refractivity (Wildman–Crippen MR) is 79.8 cm³/mol. The van der Waals surface area contributed by atoms with E-state index in [1.54, 1.807) is 5.32 Å². The number of hydrogen-bond donors (Lipinski definition) is 3. The lowest BCUT2D eigenvalue weighted by Crippen LogP contribution is -2.46. The maximum Gasteiger partial charge on any atom is 0.405 e. The van der Waals surface area contributed by atoms with Gasteiger partial charge in [0.05, 0.1) is 6.54 Å². The number of halogens is 3. The number of carbonyl (C=O) groups is 2. The first-order valence-corrected chi connectivity index (χ1v) is 7.18. The van der Waals surface area contributed by atoms with Gasteiger partial charge in [-0.25, -0.2) is 4.79 Å². The minimum absolute atomic E-state index is 0.131. The van der Waals surface area contributed by atoms with Gasteiger partial charge in [0.25, 0.3) is 0 Å². The van der Waals surface area contributed by atoms with Crippen molar-refractivity contribution in [3.05, 3.63) is 35.9 Å². The van der Waals surface area contributed by atoms with Gasteiger partial charge in [-0.2, -0.15) is 13.2 Å². The Bertz CT molecular complexity index is 506. The molecule has 128 valence electrons. The Hall–Kier alpha value is -2.25. The molecule has 0 aliphatic rings. The first kappa shape index (κ1) is 18.8. The number of rotatable bonds is 7. The van der Waals surface area contributed by atoms with Gasteiger partial charge in [-0.15, -0.1) is 0 Å². The van der Waals surface area contributed by atoms with E-state index in [0.29, 0.717) is 6.42 Å². The smallest absolute Gasteiger partial charge is 0.345 e. The Labute approximate surface area is 132 Å². The van der Waals surface area contributed by atoms with E-state index in [4.69, 9.17) is 0 Å². The monoisotopic (exact) mass is 331 g/mol. The van der Waals surface area contributed by atoms with Crippen molar-refractivity contribution in [3.63, 3.8) is 0 Å². The van der Waals surface area contributed by atoms with Gasteiger partial charge in [0, 0.05) is 6.04 Å². The van der Waals surface area contributed by atoms with Gasteiger partial charge in [0.15, 0.2) is 0 Å². The zero-order valence-electron chi connectivity index (χ0n) is 12.7. The fourth-order valence-electron chi connectivity index (χ4n) is 1.80. The number of amides is 3. The third-order valence-electron chi connectivity index (χ3n) is 2.98. The van der Waals surface area contributed by atoms with E-state index in [0.717, 1.165) is 12.0 Å². The van der Waals surface area contributed by atoms with Crippen molar-refractivity contribution in [3.8, 4) is 0 Å². The first-order chi connectivity index (χ1) is 10.8. The van der Waals surface area contributed by atoms with Crippen molar-refractivity contribution in [2.45, 2.75) is 32.0 Å². The van der Waals surface area contributed by atoms with Gasteiger partial charge in [0.1, 0.15) is 6.54 Å². The Morgan fingerprint density at radius 1 is 1.13 bits per heavy atom. The molecule has 0 aromatic heterocycles. The molecule has 0 unspecified atom stereocenters. The van der Waals surface area contributed by atoms with E-state index in [9.17, 15) is 22.8 Å². The number of nitrogens with one attached hydrogen (secondary N) is 3. The molecule has 23 heavy (non-hydrogen) atoms. The van der Waals surface area contributed by atoms with Crippen LogP contribution in [0.15, 0.2) is 30.3 Å². The maximum absolute atomic E-state index is 11.9. The molecule has 0 fully saturated rings. The standard InChI is InChI=1S/C15H20F3N3O2/c1-11(7-8-12-5-3-2-4-6-12)21-14(23)19-9-13(22)20-10-15(16,17)18/h2-6,11H,7-10H2,1H3,(H,20,22)(H2,19,21,23)/t11-/m1/s1. The number of urea groups is 1. The van der Waals surface area contributed by atoms with E-state index in [2.05, 4.69) is 10.6 Å². The Morgan fingerprint density at radius 2 is 1.78 bits per heavy atom. The third kappa shape index (κ3) is 9.38. The number of benzene rings is 1. The van der Waals surface area contributed by atoms with E-state index in [1.807, 2.05) is 37.3 Å². The molecule has 1 rings (SSSR count). The molecule has 1 aromatic rings. The van der Waals surface area contributed by atoms with Crippen molar-refractivity contribution in [2.75, 3.05) is 13.1 Å². The van der Waals surface area contributed by atoms with Crippen LogP contribution in [0.3, 0.4) is 0 Å². The average Bonchev–Trinajstić information content (AvgIpc) is 2.49. The SMILES string of the molecule is C[C@H](CCc1ccccc1)NC(=O)NCC(=O)NCC(F)(F)F. The van der Waals surface area contributed by atoms with Crippen molar-refractivity contribution >= 4 is 11.9 Å².